The molecule has 0 bridgehead atoms. The standard InChI is InChI=1S/C14H19ClN2O/c1-9-12(7-8-16-9)14(18)17-10(2)11-5-3-4-6-13(11)15/h3-6,9-10,12,16H,7-8H2,1-2H3,(H,17,18)/t9?,10-,12?/m0/s1. The third-order valence-electron chi connectivity index (χ3n) is 3.59. The van der Waals surface area contributed by atoms with Gasteiger partial charge in [-0.05, 0) is 38.4 Å². The Labute approximate surface area is 113 Å². The molecule has 2 unspecified atom stereocenters. The normalized spacial score (nSPS) is 24.8. The largest absolute Gasteiger partial charge is 0.349 e. The maximum atomic E-state index is 12.2. The summed E-state index contributed by atoms with van der Waals surface area (Å²) in [5.41, 5.74) is 0.964. The predicted octanol–water partition coefficient (Wildman–Crippen LogP) is 2.52. The smallest absolute Gasteiger partial charge is 0.225 e. The molecule has 0 aromatic heterocycles. The lowest BCUT2D eigenvalue weighted by Gasteiger charge is -2.20. The molecule has 0 saturated carbocycles. The Bertz CT molecular complexity index is 436. The van der Waals surface area contributed by atoms with E-state index in [4.69, 9.17) is 11.6 Å². The van der Waals surface area contributed by atoms with Crippen LogP contribution in [0.4, 0.5) is 0 Å². The van der Waals surface area contributed by atoms with Crippen LogP contribution in [-0.2, 0) is 4.79 Å². The highest BCUT2D eigenvalue weighted by Crippen LogP contribution is 2.23. The van der Waals surface area contributed by atoms with E-state index in [-0.39, 0.29) is 23.9 Å². The first kappa shape index (κ1) is 13.4. The second kappa shape index (κ2) is 5.72. The van der Waals surface area contributed by atoms with E-state index in [0.29, 0.717) is 5.02 Å². The van der Waals surface area contributed by atoms with Gasteiger partial charge in [0.1, 0.15) is 0 Å². The summed E-state index contributed by atoms with van der Waals surface area (Å²) in [5.74, 6) is 0.176. The van der Waals surface area contributed by atoms with Crippen molar-refractivity contribution in [3.8, 4) is 0 Å². The van der Waals surface area contributed by atoms with Gasteiger partial charge in [0.15, 0.2) is 0 Å². The highest BCUT2D eigenvalue weighted by atomic mass is 35.5. The summed E-state index contributed by atoms with van der Waals surface area (Å²) in [4.78, 5) is 12.2. The van der Waals surface area contributed by atoms with Gasteiger partial charge in [-0.1, -0.05) is 29.8 Å². The molecule has 1 saturated heterocycles. The van der Waals surface area contributed by atoms with Crippen LogP contribution in [0, 0.1) is 5.92 Å². The average molecular weight is 267 g/mol. The lowest BCUT2D eigenvalue weighted by molar-refractivity contribution is -0.125. The molecule has 2 N–H and O–H groups in total. The van der Waals surface area contributed by atoms with Crippen molar-refractivity contribution in [2.75, 3.05) is 6.54 Å². The van der Waals surface area contributed by atoms with Gasteiger partial charge in [0.2, 0.25) is 5.91 Å². The Morgan fingerprint density at radius 1 is 1.50 bits per heavy atom. The van der Waals surface area contributed by atoms with Crippen LogP contribution in [0.5, 0.6) is 0 Å². The van der Waals surface area contributed by atoms with Crippen LogP contribution in [-0.4, -0.2) is 18.5 Å². The van der Waals surface area contributed by atoms with Crippen LogP contribution < -0.4 is 10.6 Å². The molecule has 1 aromatic carbocycles. The van der Waals surface area contributed by atoms with Gasteiger partial charge >= 0.3 is 0 Å². The maximum Gasteiger partial charge on any atom is 0.225 e. The van der Waals surface area contributed by atoms with E-state index < -0.39 is 0 Å². The van der Waals surface area contributed by atoms with E-state index in [9.17, 15) is 4.79 Å². The Kier molecular flexibility index (Phi) is 4.25. The minimum absolute atomic E-state index is 0.0565. The summed E-state index contributed by atoms with van der Waals surface area (Å²) in [5, 5.41) is 7.03. The van der Waals surface area contributed by atoms with Crippen LogP contribution in [0.2, 0.25) is 5.02 Å². The van der Waals surface area contributed by atoms with Crippen molar-refractivity contribution >= 4 is 17.5 Å². The van der Waals surface area contributed by atoms with E-state index in [1.165, 1.54) is 0 Å². The molecule has 2 rings (SSSR count). The Morgan fingerprint density at radius 3 is 2.83 bits per heavy atom. The van der Waals surface area contributed by atoms with Gasteiger partial charge < -0.3 is 10.6 Å². The third kappa shape index (κ3) is 2.85. The molecule has 1 heterocycles. The number of carbonyl (C=O) groups excluding carboxylic acids is 1. The lowest BCUT2D eigenvalue weighted by Crippen LogP contribution is -2.37. The van der Waals surface area contributed by atoms with Gasteiger partial charge in [-0.2, -0.15) is 0 Å². The number of halogens is 1. The molecule has 98 valence electrons. The van der Waals surface area contributed by atoms with Gasteiger partial charge in [-0.3, -0.25) is 4.79 Å². The molecule has 1 aliphatic heterocycles. The number of rotatable bonds is 3. The van der Waals surface area contributed by atoms with Crippen molar-refractivity contribution in [3.63, 3.8) is 0 Å². The quantitative estimate of drug-likeness (QED) is 0.883. The first-order chi connectivity index (χ1) is 8.59. The summed E-state index contributed by atoms with van der Waals surface area (Å²) in [6, 6.07) is 7.82. The summed E-state index contributed by atoms with van der Waals surface area (Å²) in [7, 11) is 0. The van der Waals surface area contributed by atoms with E-state index >= 15 is 0 Å². The van der Waals surface area contributed by atoms with Gasteiger partial charge in [-0.25, -0.2) is 0 Å². The molecule has 3 atom stereocenters. The number of hydrogen-bond donors (Lipinski definition) is 2. The molecule has 1 fully saturated rings. The van der Waals surface area contributed by atoms with Crippen molar-refractivity contribution < 1.29 is 4.79 Å². The van der Waals surface area contributed by atoms with E-state index in [2.05, 4.69) is 17.6 Å². The Morgan fingerprint density at radius 2 is 2.22 bits per heavy atom. The summed E-state index contributed by atoms with van der Waals surface area (Å²) >= 11 is 6.13. The average Bonchev–Trinajstić information content (AvgIpc) is 2.76. The fourth-order valence-electron chi connectivity index (χ4n) is 2.44. The summed E-state index contributed by atoms with van der Waals surface area (Å²) in [6.45, 7) is 4.93. The molecule has 0 spiro atoms. The molecular weight excluding hydrogens is 248 g/mol. The first-order valence-corrected chi connectivity index (χ1v) is 6.75. The highest BCUT2D eigenvalue weighted by Gasteiger charge is 2.30. The number of benzene rings is 1. The van der Waals surface area contributed by atoms with Crippen molar-refractivity contribution in [2.24, 2.45) is 5.92 Å². The monoisotopic (exact) mass is 266 g/mol. The van der Waals surface area contributed by atoms with Crippen molar-refractivity contribution in [3.05, 3.63) is 34.9 Å². The van der Waals surface area contributed by atoms with Gasteiger partial charge in [0.05, 0.1) is 12.0 Å². The summed E-state index contributed by atoms with van der Waals surface area (Å²) in [6.07, 6.45) is 0.905. The molecule has 18 heavy (non-hydrogen) atoms. The number of hydrogen-bond acceptors (Lipinski definition) is 2. The van der Waals surface area contributed by atoms with Crippen molar-refractivity contribution in [2.45, 2.75) is 32.4 Å². The van der Waals surface area contributed by atoms with Crippen molar-refractivity contribution in [1.82, 2.24) is 10.6 Å². The second-order valence-corrected chi connectivity index (χ2v) is 5.30. The predicted molar refractivity (Wildman–Crippen MR) is 73.6 cm³/mol. The third-order valence-corrected chi connectivity index (χ3v) is 3.94. The molecule has 0 radical (unpaired) electrons. The molecule has 0 aliphatic carbocycles. The number of amides is 1. The zero-order valence-electron chi connectivity index (χ0n) is 10.7. The zero-order valence-corrected chi connectivity index (χ0v) is 11.5. The minimum atomic E-state index is -0.0565. The van der Waals surface area contributed by atoms with Gasteiger partial charge in [-0.15, -0.1) is 0 Å². The van der Waals surface area contributed by atoms with Crippen LogP contribution >= 0.6 is 11.6 Å². The van der Waals surface area contributed by atoms with E-state index in [1.54, 1.807) is 0 Å². The van der Waals surface area contributed by atoms with Crippen LogP contribution in [0.15, 0.2) is 24.3 Å². The zero-order chi connectivity index (χ0) is 13.1. The number of carbonyl (C=O) groups is 1. The fourth-order valence-corrected chi connectivity index (χ4v) is 2.74. The number of nitrogens with one attached hydrogen (secondary N) is 2. The maximum absolute atomic E-state index is 12.2. The minimum Gasteiger partial charge on any atom is -0.349 e. The van der Waals surface area contributed by atoms with Crippen LogP contribution in [0.25, 0.3) is 0 Å². The molecular formula is C14H19ClN2O. The Balaban J connectivity index is 2.01. The topological polar surface area (TPSA) is 41.1 Å². The molecule has 4 heteroatoms. The molecule has 1 amide bonds. The van der Waals surface area contributed by atoms with Crippen LogP contribution in [0.1, 0.15) is 31.9 Å². The SMILES string of the molecule is CC1NCCC1C(=O)N[C@@H](C)c1ccccc1Cl. The highest BCUT2D eigenvalue weighted by molar-refractivity contribution is 6.31. The first-order valence-electron chi connectivity index (χ1n) is 6.37. The second-order valence-electron chi connectivity index (χ2n) is 4.89. The lowest BCUT2D eigenvalue weighted by atomic mass is 10.00. The summed E-state index contributed by atoms with van der Waals surface area (Å²) < 4.78 is 0. The molecule has 1 aliphatic rings. The van der Waals surface area contributed by atoms with E-state index in [1.807, 2.05) is 31.2 Å². The van der Waals surface area contributed by atoms with Crippen LogP contribution in [0.3, 0.4) is 0 Å². The van der Waals surface area contributed by atoms with E-state index in [0.717, 1.165) is 18.5 Å². The molecule has 1 aromatic rings. The molecule has 3 nitrogen and oxygen atoms in total. The van der Waals surface area contributed by atoms with Gasteiger partial charge in [0, 0.05) is 11.1 Å². The van der Waals surface area contributed by atoms with Gasteiger partial charge in [0.25, 0.3) is 0 Å². The fraction of sp³-hybridized carbons (Fsp3) is 0.500. The van der Waals surface area contributed by atoms with Crippen molar-refractivity contribution in [1.29, 1.82) is 0 Å². The Hall–Kier alpha value is -1.06.